The lowest BCUT2D eigenvalue weighted by Crippen LogP contribution is -2.10. The number of carboxylic acids is 1. The highest BCUT2D eigenvalue weighted by molar-refractivity contribution is 7.91. The second kappa shape index (κ2) is 6.68. The average molecular weight is 286 g/mol. The molecule has 0 amide bonds. The molecule has 0 fully saturated rings. The monoisotopic (exact) mass is 286 g/mol. The molecule has 1 rings (SSSR count). The van der Waals surface area contributed by atoms with E-state index in [9.17, 15) is 13.2 Å². The highest BCUT2D eigenvalue weighted by atomic mass is 32.2. The van der Waals surface area contributed by atoms with Gasteiger partial charge in [-0.1, -0.05) is 12.5 Å². The van der Waals surface area contributed by atoms with E-state index in [1.54, 1.807) is 6.92 Å². The molecule has 19 heavy (non-hydrogen) atoms. The Balaban J connectivity index is 2.94. The van der Waals surface area contributed by atoms with E-state index in [0.717, 1.165) is 0 Å². The van der Waals surface area contributed by atoms with Crippen LogP contribution in [-0.4, -0.2) is 37.0 Å². The zero-order valence-corrected chi connectivity index (χ0v) is 11.6. The smallest absolute Gasteiger partial charge is 0.335 e. The summed E-state index contributed by atoms with van der Waals surface area (Å²) in [5.74, 6) is -1.17. The predicted octanol–water partition coefficient (Wildman–Crippen LogP) is 1.63. The molecule has 6 heteroatoms. The van der Waals surface area contributed by atoms with E-state index in [4.69, 9.17) is 10.2 Å². The molecule has 0 atom stereocenters. The Morgan fingerprint density at radius 1 is 1.21 bits per heavy atom. The zero-order chi connectivity index (χ0) is 14.5. The van der Waals surface area contributed by atoms with Gasteiger partial charge in [-0.2, -0.15) is 0 Å². The quantitative estimate of drug-likeness (QED) is 0.743. The Bertz CT molecular complexity index is 548. The van der Waals surface area contributed by atoms with Gasteiger partial charge < -0.3 is 10.2 Å². The number of rotatable bonds is 7. The Morgan fingerprint density at radius 3 is 2.47 bits per heavy atom. The summed E-state index contributed by atoms with van der Waals surface area (Å²) in [5, 5.41) is 17.5. The topological polar surface area (TPSA) is 91.7 Å². The lowest BCUT2D eigenvalue weighted by molar-refractivity contribution is 0.0696. The minimum atomic E-state index is -3.47. The SMILES string of the molecule is Cc1ccc(C(=O)O)cc1S(=O)(=O)CCCCCO. The minimum absolute atomic E-state index is 0.0282. The fraction of sp³-hybridized carbons (Fsp3) is 0.462. The van der Waals surface area contributed by atoms with Gasteiger partial charge in [0.2, 0.25) is 0 Å². The lowest BCUT2D eigenvalue weighted by atomic mass is 10.1. The van der Waals surface area contributed by atoms with Crippen LogP contribution in [-0.2, 0) is 9.84 Å². The van der Waals surface area contributed by atoms with Crippen molar-refractivity contribution in [1.29, 1.82) is 0 Å². The molecule has 1 aromatic rings. The number of hydrogen-bond acceptors (Lipinski definition) is 4. The van der Waals surface area contributed by atoms with Crippen molar-refractivity contribution in [2.75, 3.05) is 12.4 Å². The second-order valence-electron chi connectivity index (χ2n) is 4.39. The van der Waals surface area contributed by atoms with E-state index in [2.05, 4.69) is 0 Å². The molecule has 0 unspecified atom stereocenters. The van der Waals surface area contributed by atoms with Crippen LogP contribution in [0.15, 0.2) is 23.1 Å². The van der Waals surface area contributed by atoms with Crippen LogP contribution in [0.4, 0.5) is 0 Å². The van der Waals surface area contributed by atoms with Crippen molar-refractivity contribution >= 4 is 15.8 Å². The minimum Gasteiger partial charge on any atom is -0.478 e. The Morgan fingerprint density at radius 2 is 1.89 bits per heavy atom. The normalized spacial score (nSPS) is 11.5. The lowest BCUT2D eigenvalue weighted by Gasteiger charge is -2.08. The first-order valence-corrected chi connectivity index (χ1v) is 7.71. The molecule has 0 aliphatic heterocycles. The number of carboxylic acid groups (broad SMARTS) is 1. The van der Waals surface area contributed by atoms with Gasteiger partial charge in [0.1, 0.15) is 0 Å². The van der Waals surface area contributed by atoms with Crippen molar-refractivity contribution < 1.29 is 23.4 Å². The number of benzene rings is 1. The Hall–Kier alpha value is -1.40. The molecule has 106 valence electrons. The van der Waals surface area contributed by atoms with Gasteiger partial charge in [0.05, 0.1) is 16.2 Å². The maximum atomic E-state index is 12.1. The van der Waals surface area contributed by atoms with E-state index in [0.29, 0.717) is 24.8 Å². The van der Waals surface area contributed by atoms with E-state index in [1.807, 2.05) is 0 Å². The fourth-order valence-electron chi connectivity index (χ4n) is 1.76. The van der Waals surface area contributed by atoms with Crippen molar-refractivity contribution in [1.82, 2.24) is 0 Å². The molecule has 0 radical (unpaired) electrons. The van der Waals surface area contributed by atoms with Crippen LogP contribution in [0.2, 0.25) is 0 Å². The van der Waals surface area contributed by atoms with E-state index in [1.165, 1.54) is 18.2 Å². The molecule has 0 bridgehead atoms. The molecule has 2 N–H and O–H groups in total. The summed E-state index contributed by atoms with van der Waals surface area (Å²) in [4.78, 5) is 10.9. The average Bonchev–Trinajstić information content (AvgIpc) is 2.34. The van der Waals surface area contributed by atoms with Gasteiger partial charge in [0.15, 0.2) is 9.84 Å². The van der Waals surface area contributed by atoms with E-state index >= 15 is 0 Å². The van der Waals surface area contributed by atoms with Crippen molar-refractivity contribution in [3.63, 3.8) is 0 Å². The Labute approximate surface area is 112 Å². The molecule has 1 aromatic carbocycles. The number of sulfone groups is 1. The molecular formula is C13H18O5S. The molecular weight excluding hydrogens is 268 g/mol. The van der Waals surface area contributed by atoms with Crippen LogP contribution in [0.5, 0.6) is 0 Å². The van der Waals surface area contributed by atoms with Crippen LogP contribution >= 0.6 is 0 Å². The number of aliphatic hydroxyl groups is 1. The number of hydrogen-bond donors (Lipinski definition) is 2. The van der Waals surface area contributed by atoms with Crippen LogP contribution in [0.25, 0.3) is 0 Å². The molecule has 0 saturated heterocycles. The van der Waals surface area contributed by atoms with Gasteiger partial charge in [-0.3, -0.25) is 0 Å². The van der Waals surface area contributed by atoms with Gasteiger partial charge in [-0.15, -0.1) is 0 Å². The van der Waals surface area contributed by atoms with Gasteiger partial charge in [-0.25, -0.2) is 13.2 Å². The number of carbonyl (C=O) groups is 1. The van der Waals surface area contributed by atoms with Crippen LogP contribution in [0.3, 0.4) is 0 Å². The summed E-state index contributed by atoms with van der Waals surface area (Å²) < 4.78 is 24.3. The molecule has 5 nitrogen and oxygen atoms in total. The van der Waals surface area contributed by atoms with Gasteiger partial charge in [0, 0.05) is 6.61 Å². The third kappa shape index (κ3) is 4.33. The second-order valence-corrected chi connectivity index (χ2v) is 6.47. The van der Waals surface area contributed by atoms with Crippen LogP contribution in [0.1, 0.15) is 35.2 Å². The third-order valence-electron chi connectivity index (χ3n) is 2.84. The van der Waals surface area contributed by atoms with Gasteiger partial charge >= 0.3 is 5.97 Å². The maximum absolute atomic E-state index is 12.1. The van der Waals surface area contributed by atoms with Gasteiger partial charge in [-0.05, 0) is 37.5 Å². The number of unbranched alkanes of at least 4 members (excludes halogenated alkanes) is 2. The summed E-state index contributed by atoms with van der Waals surface area (Å²) in [7, 11) is -3.47. The predicted molar refractivity (Wildman–Crippen MR) is 71.1 cm³/mol. The highest BCUT2D eigenvalue weighted by Gasteiger charge is 2.18. The first kappa shape index (κ1) is 15.7. The largest absolute Gasteiger partial charge is 0.478 e. The van der Waals surface area contributed by atoms with E-state index in [-0.39, 0.29) is 22.8 Å². The van der Waals surface area contributed by atoms with E-state index < -0.39 is 15.8 Å². The number of aryl methyl sites for hydroxylation is 1. The molecule has 0 heterocycles. The van der Waals surface area contributed by atoms with Crippen molar-refractivity contribution in [2.24, 2.45) is 0 Å². The molecule has 0 aliphatic rings. The molecule has 0 aromatic heterocycles. The number of aliphatic hydroxyl groups excluding tert-OH is 1. The first-order chi connectivity index (χ1) is 8.88. The summed E-state index contributed by atoms with van der Waals surface area (Å²) in [6.45, 7) is 1.69. The summed E-state index contributed by atoms with van der Waals surface area (Å²) in [5.41, 5.74) is 0.520. The molecule has 0 spiro atoms. The summed E-state index contributed by atoms with van der Waals surface area (Å²) >= 11 is 0. The number of aromatic carboxylic acids is 1. The standard InChI is InChI=1S/C13H18O5S/c1-10-5-6-11(13(15)16)9-12(10)19(17,18)8-4-2-3-7-14/h5-6,9,14H,2-4,7-8H2,1H3,(H,15,16). The van der Waals surface area contributed by atoms with Crippen molar-refractivity contribution in [2.45, 2.75) is 31.1 Å². The summed E-state index contributed by atoms with van der Waals surface area (Å²) in [6, 6.07) is 4.10. The zero-order valence-electron chi connectivity index (χ0n) is 10.8. The first-order valence-electron chi connectivity index (χ1n) is 6.06. The third-order valence-corrected chi connectivity index (χ3v) is 4.78. The summed E-state index contributed by atoms with van der Waals surface area (Å²) in [6.07, 6.45) is 1.66. The fourth-order valence-corrected chi connectivity index (χ4v) is 3.43. The highest BCUT2D eigenvalue weighted by Crippen LogP contribution is 2.20. The Kier molecular flexibility index (Phi) is 5.50. The van der Waals surface area contributed by atoms with Crippen LogP contribution in [0, 0.1) is 6.92 Å². The van der Waals surface area contributed by atoms with Crippen molar-refractivity contribution in [3.05, 3.63) is 29.3 Å². The van der Waals surface area contributed by atoms with Crippen LogP contribution < -0.4 is 0 Å². The maximum Gasteiger partial charge on any atom is 0.335 e. The molecule has 0 saturated carbocycles. The van der Waals surface area contributed by atoms with Crippen molar-refractivity contribution in [3.8, 4) is 0 Å². The van der Waals surface area contributed by atoms with Gasteiger partial charge in [0.25, 0.3) is 0 Å². The molecule has 0 aliphatic carbocycles.